The summed E-state index contributed by atoms with van der Waals surface area (Å²) < 4.78 is 1.20. The van der Waals surface area contributed by atoms with Crippen molar-refractivity contribution in [3.8, 4) is 0 Å². The van der Waals surface area contributed by atoms with Crippen molar-refractivity contribution in [2.75, 3.05) is 13.1 Å². The molecule has 1 aliphatic rings. The van der Waals surface area contributed by atoms with Gasteiger partial charge >= 0.3 is 0 Å². The highest BCUT2D eigenvalue weighted by Gasteiger charge is 2.28. The maximum atomic E-state index is 3.56. The molecule has 2 rings (SSSR count). The molecule has 1 saturated heterocycles. The molecule has 102 valence electrons. The second-order valence-electron chi connectivity index (χ2n) is 5.13. The van der Waals surface area contributed by atoms with Crippen LogP contribution in [0.25, 0.3) is 0 Å². The molecular formula is C14H23BrN2S. The molecule has 18 heavy (non-hydrogen) atoms. The van der Waals surface area contributed by atoms with E-state index >= 15 is 0 Å². The number of hydrogen-bond acceptors (Lipinski definition) is 3. The lowest BCUT2D eigenvalue weighted by Gasteiger charge is -2.27. The molecule has 2 nitrogen and oxygen atoms in total. The number of nitrogens with zero attached hydrogens (tertiary/aromatic N) is 1. The van der Waals surface area contributed by atoms with Crippen LogP contribution in [0.15, 0.2) is 15.9 Å². The van der Waals surface area contributed by atoms with E-state index in [0.717, 1.165) is 25.2 Å². The Kier molecular flexibility index (Phi) is 5.67. The molecule has 2 unspecified atom stereocenters. The first-order valence-electron chi connectivity index (χ1n) is 6.90. The lowest BCUT2D eigenvalue weighted by atomic mass is 10.1. The third-order valence-corrected chi connectivity index (χ3v) is 5.59. The van der Waals surface area contributed by atoms with Crippen LogP contribution in [0.1, 0.15) is 38.0 Å². The summed E-state index contributed by atoms with van der Waals surface area (Å²) in [4.78, 5) is 4.08. The second-order valence-corrected chi connectivity index (χ2v) is 7.05. The largest absolute Gasteiger partial charge is 0.311 e. The van der Waals surface area contributed by atoms with E-state index in [1.807, 2.05) is 11.3 Å². The molecule has 2 atom stereocenters. The minimum atomic E-state index is 0.771. The third kappa shape index (κ3) is 3.80. The van der Waals surface area contributed by atoms with Gasteiger partial charge in [0, 0.05) is 46.4 Å². The zero-order valence-electron chi connectivity index (χ0n) is 11.3. The van der Waals surface area contributed by atoms with E-state index in [1.54, 1.807) is 0 Å². The molecule has 0 radical (unpaired) electrons. The van der Waals surface area contributed by atoms with Crippen molar-refractivity contribution in [2.45, 2.75) is 51.7 Å². The summed E-state index contributed by atoms with van der Waals surface area (Å²) in [5, 5.41) is 5.70. The average molecular weight is 331 g/mol. The van der Waals surface area contributed by atoms with E-state index in [9.17, 15) is 0 Å². The van der Waals surface area contributed by atoms with Crippen molar-refractivity contribution < 1.29 is 0 Å². The molecule has 0 bridgehead atoms. The Hall–Kier alpha value is 0.1000. The highest BCUT2D eigenvalue weighted by molar-refractivity contribution is 9.10. The maximum absolute atomic E-state index is 3.56. The van der Waals surface area contributed by atoms with Gasteiger partial charge in [0.15, 0.2) is 0 Å². The van der Waals surface area contributed by atoms with Crippen molar-refractivity contribution in [2.24, 2.45) is 0 Å². The van der Waals surface area contributed by atoms with E-state index in [2.05, 4.69) is 51.4 Å². The molecule has 4 heteroatoms. The summed E-state index contributed by atoms with van der Waals surface area (Å²) >= 11 is 5.31. The van der Waals surface area contributed by atoms with Crippen molar-refractivity contribution in [1.82, 2.24) is 10.2 Å². The topological polar surface area (TPSA) is 15.3 Å². The van der Waals surface area contributed by atoms with Gasteiger partial charge in [-0.05, 0) is 48.2 Å². The van der Waals surface area contributed by atoms with Crippen LogP contribution in [0.3, 0.4) is 0 Å². The number of thiophene rings is 1. The molecule has 0 saturated carbocycles. The molecule has 1 aromatic rings. The van der Waals surface area contributed by atoms with Gasteiger partial charge in [0.1, 0.15) is 0 Å². The molecule has 1 fully saturated rings. The first-order valence-corrected chi connectivity index (χ1v) is 8.57. The van der Waals surface area contributed by atoms with Crippen molar-refractivity contribution in [3.05, 3.63) is 20.8 Å². The Balaban J connectivity index is 1.68. The van der Waals surface area contributed by atoms with Crippen LogP contribution in [0, 0.1) is 0 Å². The predicted molar refractivity (Wildman–Crippen MR) is 83.2 cm³/mol. The summed E-state index contributed by atoms with van der Waals surface area (Å²) in [7, 11) is 0. The summed E-state index contributed by atoms with van der Waals surface area (Å²) in [5.41, 5.74) is 0. The minimum absolute atomic E-state index is 0.771. The van der Waals surface area contributed by atoms with Gasteiger partial charge in [0.05, 0.1) is 0 Å². The van der Waals surface area contributed by atoms with Crippen LogP contribution in [-0.4, -0.2) is 30.1 Å². The molecule has 1 N–H and O–H groups in total. The Bertz CT molecular complexity index is 366. The maximum Gasteiger partial charge on any atom is 0.0300 e. The van der Waals surface area contributed by atoms with Crippen molar-refractivity contribution in [3.63, 3.8) is 0 Å². The fourth-order valence-electron chi connectivity index (χ4n) is 2.83. The van der Waals surface area contributed by atoms with Crippen LogP contribution >= 0.6 is 27.3 Å². The Morgan fingerprint density at radius 3 is 3.00 bits per heavy atom. The van der Waals surface area contributed by atoms with Crippen LogP contribution in [0.2, 0.25) is 0 Å². The van der Waals surface area contributed by atoms with E-state index in [0.29, 0.717) is 0 Å². The molecule has 1 aromatic heterocycles. The van der Waals surface area contributed by atoms with Gasteiger partial charge in [-0.15, -0.1) is 11.3 Å². The Morgan fingerprint density at radius 1 is 1.50 bits per heavy atom. The fourth-order valence-corrected chi connectivity index (χ4v) is 4.25. The lowest BCUT2D eigenvalue weighted by Crippen LogP contribution is -2.39. The standard InChI is InChI=1S/C14H23BrN2S/c1-3-13-5-4-11(2)17(13)7-6-16-9-14-8-12(15)10-18-14/h8,10-11,13,16H,3-7,9H2,1-2H3. The Morgan fingerprint density at radius 2 is 2.33 bits per heavy atom. The monoisotopic (exact) mass is 330 g/mol. The van der Waals surface area contributed by atoms with Crippen LogP contribution < -0.4 is 5.32 Å². The third-order valence-electron chi connectivity index (χ3n) is 3.89. The van der Waals surface area contributed by atoms with Gasteiger partial charge in [-0.25, -0.2) is 0 Å². The zero-order chi connectivity index (χ0) is 13.0. The quantitative estimate of drug-likeness (QED) is 0.796. The van der Waals surface area contributed by atoms with Gasteiger partial charge in [0.2, 0.25) is 0 Å². The van der Waals surface area contributed by atoms with E-state index in [1.165, 1.54) is 35.2 Å². The molecular weight excluding hydrogens is 308 g/mol. The van der Waals surface area contributed by atoms with Gasteiger partial charge in [-0.2, -0.15) is 0 Å². The predicted octanol–water partition coefficient (Wildman–Crippen LogP) is 3.86. The van der Waals surface area contributed by atoms with Crippen LogP contribution in [0.5, 0.6) is 0 Å². The fraction of sp³-hybridized carbons (Fsp3) is 0.714. The van der Waals surface area contributed by atoms with Crippen molar-refractivity contribution >= 4 is 27.3 Å². The number of hydrogen-bond donors (Lipinski definition) is 1. The number of likely N-dealkylation sites (tertiary alicyclic amines) is 1. The number of rotatable bonds is 6. The van der Waals surface area contributed by atoms with Crippen LogP contribution in [0.4, 0.5) is 0 Å². The average Bonchev–Trinajstić information content (AvgIpc) is 2.92. The van der Waals surface area contributed by atoms with Gasteiger partial charge in [-0.3, -0.25) is 4.90 Å². The molecule has 2 heterocycles. The first kappa shape index (κ1) is 14.5. The van der Waals surface area contributed by atoms with E-state index in [4.69, 9.17) is 0 Å². The van der Waals surface area contributed by atoms with Gasteiger partial charge < -0.3 is 5.32 Å². The zero-order valence-corrected chi connectivity index (χ0v) is 13.7. The summed E-state index contributed by atoms with van der Waals surface area (Å²) in [6.07, 6.45) is 4.05. The summed E-state index contributed by atoms with van der Waals surface area (Å²) in [5.74, 6) is 0. The molecule has 0 amide bonds. The van der Waals surface area contributed by atoms with Crippen molar-refractivity contribution in [1.29, 1.82) is 0 Å². The smallest absolute Gasteiger partial charge is 0.0300 e. The van der Waals surface area contributed by atoms with Gasteiger partial charge in [0.25, 0.3) is 0 Å². The lowest BCUT2D eigenvalue weighted by molar-refractivity contribution is 0.199. The molecule has 0 aromatic carbocycles. The van der Waals surface area contributed by atoms with E-state index < -0.39 is 0 Å². The SMILES string of the molecule is CCC1CCC(C)N1CCNCc1cc(Br)cs1. The highest BCUT2D eigenvalue weighted by atomic mass is 79.9. The highest BCUT2D eigenvalue weighted by Crippen LogP contribution is 2.25. The second kappa shape index (κ2) is 7.04. The normalized spacial score (nSPS) is 24.8. The molecule has 0 spiro atoms. The van der Waals surface area contributed by atoms with E-state index in [-0.39, 0.29) is 0 Å². The summed E-state index contributed by atoms with van der Waals surface area (Å²) in [6.45, 7) is 7.95. The van der Waals surface area contributed by atoms with Gasteiger partial charge in [-0.1, -0.05) is 6.92 Å². The minimum Gasteiger partial charge on any atom is -0.311 e. The number of halogens is 1. The first-order chi connectivity index (χ1) is 8.70. The Labute approximate surface area is 123 Å². The number of nitrogens with one attached hydrogen (secondary N) is 1. The molecule has 1 aliphatic heterocycles. The van der Waals surface area contributed by atoms with Crippen LogP contribution in [-0.2, 0) is 6.54 Å². The molecule has 0 aliphatic carbocycles. The summed E-state index contributed by atoms with van der Waals surface area (Å²) in [6, 6.07) is 3.79.